The molecule has 0 aliphatic rings. The van der Waals surface area contributed by atoms with E-state index in [2.05, 4.69) is 156 Å². The van der Waals surface area contributed by atoms with Crippen LogP contribution >= 0.6 is 11.3 Å². The fourth-order valence-corrected chi connectivity index (χ4v) is 8.49. The molecule has 0 amide bonds. The van der Waals surface area contributed by atoms with Gasteiger partial charge in [-0.05, 0) is 63.0 Å². The summed E-state index contributed by atoms with van der Waals surface area (Å²) in [7, 11) is 0. The normalized spacial score (nSPS) is 12.1. The first kappa shape index (κ1) is 24.0. The molecule has 0 aliphatic carbocycles. The molecule has 2 heterocycles. The fraction of sp³-hybridized carbons (Fsp3) is 0. The van der Waals surface area contributed by atoms with Crippen LogP contribution in [0.5, 0.6) is 0 Å². The van der Waals surface area contributed by atoms with Crippen molar-refractivity contribution in [2.24, 2.45) is 0 Å². The van der Waals surface area contributed by atoms with Crippen LogP contribution in [0.15, 0.2) is 152 Å². The molecule has 1 nitrogen and oxygen atoms in total. The zero-order valence-electron chi connectivity index (χ0n) is 23.8. The van der Waals surface area contributed by atoms with Crippen LogP contribution < -0.4 is 0 Å². The lowest BCUT2D eigenvalue weighted by atomic mass is 9.96. The summed E-state index contributed by atoms with van der Waals surface area (Å²) >= 11 is 1.87. The quantitative estimate of drug-likeness (QED) is 0.181. The second kappa shape index (κ2) is 9.03. The largest absolute Gasteiger partial charge is 0.308 e. The van der Waals surface area contributed by atoms with Crippen molar-refractivity contribution in [1.29, 1.82) is 0 Å². The zero-order chi connectivity index (χ0) is 28.8. The van der Waals surface area contributed by atoms with E-state index in [1.54, 1.807) is 0 Å². The Bertz CT molecular complexity index is 2760. The molecule has 2 heteroatoms. The van der Waals surface area contributed by atoms with Crippen molar-refractivity contribution in [2.45, 2.75) is 0 Å². The van der Waals surface area contributed by atoms with Crippen molar-refractivity contribution >= 4 is 85.6 Å². The third-order valence-electron chi connectivity index (χ3n) is 9.36. The number of benzene rings is 8. The van der Waals surface area contributed by atoms with Crippen molar-refractivity contribution < 1.29 is 0 Å². The fourth-order valence-electron chi connectivity index (χ4n) is 7.40. The van der Waals surface area contributed by atoms with Gasteiger partial charge in [0.1, 0.15) is 0 Å². The lowest BCUT2D eigenvalue weighted by molar-refractivity contribution is 1.19. The van der Waals surface area contributed by atoms with E-state index in [9.17, 15) is 0 Å². The van der Waals surface area contributed by atoms with Crippen LogP contribution in [0, 0.1) is 0 Å². The lowest BCUT2D eigenvalue weighted by Crippen LogP contribution is -1.95. The molecular formula is C42H25NS. The molecule has 0 radical (unpaired) electrons. The minimum absolute atomic E-state index is 1.17. The third kappa shape index (κ3) is 3.29. The molecule has 0 bridgehead atoms. The summed E-state index contributed by atoms with van der Waals surface area (Å²) in [6.07, 6.45) is 0. The van der Waals surface area contributed by atoms with Crippen LogP contribution in [0.1, 0.15) is 0 Å². The van der Waals surface area contributed by atoms with Gasteiger partial charge in [-0.2, -0.15) is 0 Å². The van der Waals surface area contributed by atoms with Gasteiger partial charge in [0.25, 0.3) is 0 Å². The Kier molecular flexibility index (Phi) is 4.94. The van der Waals surface area contributed by atoms with Gasteiger partial charge in [-0.25, -0.2) is 0 Å². The van der Waals surface area contributed by atoms with Crippen LogP contribution in [-0.4, -0.2) is 4.57 Å². The Morgan fingerprint density at radius 3 is 1.80 bits per heavy atom. The number of nitrogens with zero attached hydrogens (tertiary/aromatic N) is 1. The second-order valence-electron chi connectivity index (χ2n) is 11.7. The molecule has 44 heavy (non-hydrogen) atoms. The number of fused-ring (bicyclic) bond motifs is 13. The first-order valence-electron chi connectivity index (χ1n) is 15.1. The number of hydrogen-bond acceptors (Lipinski definition) is 1. The molecular weight excluding hydrogens is 551 g/mol. The van der Waals surface area contributed by atoms with Gasteiger partial charge < -0.3 is 4.57 Å². The van der Waals surface area contributed by atoms with Crippen LogP contribution in [0.25, 0.3) is 91.1 Å². The summed E-state index contributed by atoms with van der Waals surface area (Å²) in [5.41, 5.74) is 6.18. The van der Waals surface area contributed by atoms with Gasteiger partial charge in [-0.3, -0.25) is 0 Å². The van der Waals surface area contributed by atoms with Crippen molar-refractivity contribution in [3.8, 4) is 16.8 Å². The summed E-state index contributed by atoms with van der Waals surface area (Å²) in [5, 5.41) is 13.0. The van der Waals surface area contributed by atoms with E-state index in [1.165, 1.54) is 91.1 Å². The standard InChI is InChI=1S/C42H25NS/c1-2-10-30-27(9-1)19-23-36-40-34-14-5-3-11-31(34)32-12-4-6-15-35(32)42(40)43(41(30)36)29-21-17-26(18-22-29)28-20-24-39-37(25-28)33-13-7-8-16-38(33)44-39/h1-25H. The first-order chi connectivity index (χ1) is 21.8. The molecule has 204 valence electrons. The minimum Gasteiger partial charge on any atom is -0.308 e. The molecule has 0 saturated carbocycles. The molecule has 0 atom stereocenters. The van der Waals surface area contributed by atoms with Gasteiger partial charge in [0.2, 0.25) is 0 Å². The van der Waals surface area contributed by atoms with Crippen molar-refractivity contribution in [1.82, 2.24) is 4.57 Å². The molecule has 0 N–H and O–H groups in total. The van der Waals surface area contributed by atoms with Crippen molar-refractivity contribution in [3.63, 3.8) is 0 Å². The van der Waals surface area contributed by atoms with E-state index in [4.69, 9.17) is 0 Å². The van der Waals surface area contributed by atoms with Crippen LogP contribution in [-0.2, 0) is 0 Å². The predicted molar refractivity (Wildman–Crippen MR) is 192 cm³/mol. The second-order valence-corrected chi connectivity index (χ2v) is 12.8. The lowest BCUT2D eigenvalue weighted by Gasteiger charge is -2.13. The molecule has 0 spiro atoms. The molecule has 0 saturated heterocycles. The molecule has 2 aromatic heterocycles. The van der Waals surface area contributed by atoms with Gasteiger partial charge in [0.05, 0.1) is 11.0 Å². The van der Waals surface area contributed by atoms with Gasteiger partial charge in [0, 0.05) is 47.4 Å². The number of aromatic nitrogens is 1. The summed E-state index contributed by atoms with van der Waals surface area (Å²) in [6, 6.07) is 56.0. The monoisotopic (exact) mass is 575 g/mol. The van der Waals surface area contributed by atoms with Crippen LogP contribution in [0.3, 0.4) is 0 Å². The highest BCUT2D eigenvalue weighted by Gasteiger charge is 2.20. The van der Waals surface area contributed by atoms with Gasteiger partial charge >= 0.3 is 0 Å². The van der Waals surface area contributed by atoms with Crippen LogP contribution in [0.4, 0.5) is 0 Å². The maximum absolute atomic E-state index is 2.52. The Morgan fingerprint density at radius 1 is 0.364 bits per heavy atom. The van der Waals surface area contributed by atoms with E-state index in [-0.39, 0.29) is 0 Å². The third-order valence-corrected chi connectivity index (χ3v) is 10.5. The van der Waals surface area contributed by atoms with Crippen LogP contribution in [0.2, 0.25) is 0 Å². The SMILES string of the molecule is c1ccc2c(c1)ccc1c3c4ccccc4c4ccccc4c3n(-c3ccc(-c4ccc5sc6ccccc6c5c4)cc3)c21. The first-order valence-corrected chi connectivity index (χ1v) is 15.9. The Hall–Kier alpha value is -5.44. The maximum Gasteiger partial charge on any atom is 0.0626 e. The summed E-state index contributed by atoms with van der Waals surface area (Å²) < 4.78 is 5.19. The van der Waals surface area contributed by atoms with E-state index in [1.807, 2.05) is 11.3 Å². The average molecular weight is 576 g/mol. The Labute approximate surface area is 257 Å². The number of rotatable bonds is 2. The van der Waals surface area contributed by atoms with E-state index in [0.29, 0.717) is 0 Å². The maximum atomic E-state index is 2.52. The highest BCUT2D eigenvalue weighted by molar-refractivity contribution is 7.25. The molecule has 0 unspecified atom stereocenters. The predicted octanol–water partition coefficient (Wildman–Crippen LogP) is 12.3. The van der Waals surface area contributed by atoms with E-state index < -0.39 is 0 Å². The van der Waals surface area contributed by atoms with Crippen molar-refractivity contribution in [3.05, 3.63) is 152 Å². The number of thiophene rings is 1. The zero-order valence-corrected chi connectivity index (χ0v) is 24.6. The highest BCUT2D eigenvalue weighted by Crippen LogP contribution is 2.44. The summed E-state index contributed by atoms with van der Waals surface area (Å²) in [4.78, 5) is 0. The highest BCUT2D eigenvalue weighted by atomic mass is 32.1. The van der Waals surface area contributed by atoms with Gasteiger partial charge in [-0.1, -0.05) is 121 Å². The summed E-state index contributed by atoms with van der Waals surface area (Å²) in [6.45, 7) is 0. The van der Waals surface area contributed by atoms with Gasteiger partial charge in [-0.15, -0.1) is 11.3 Å². The Balaban J connectivity index is 1.28. The smallest absolute Gasteiger partial charge is 0.0626 e. The molecule has 0 fully saturated rings. The van der Waals surface area contributed by atoms with Crippen molar-refractivity contribution in [2.75, 3.05) is 0 Å². The molecule has 8 aromatic carbocycles. The topological polar surface area (TPSA) is 4.93 Å². The molecule has 0 aliphatic heterocycles. The van der Waals surface area contributed by atoms with Gasteiger partial charge in [0.15, 0.2) is 0 Å². The van der Waals surface area contributed by atoms with E-state index in [0.717, 1.165) is 0 Å². The molecule has 10 rings (SSSR count). The van der Waals surface area contributed by atoms with E-state index >= 15 is 0 Å². The average Bonchev–Trinajstić information content (AvgIpc) is 3.65. The summed E-state index contributed by atoms with van der Waals surface area (Å²) in [5.74, 6) is 0. The minimum atomic E-state index is 1.17. The Morgan fingerprint density at radius 2 is 0.977 bits per heavy atom. The number of hydrogen-bond donors (Lipinski definition) is 0. The molecule has 10 aromatic rings.